The molecule has 1 aromatic carbocycles. The van der Waals surface area contributed by atoms with E-state index in [4.69, 9.17) is 5.73 Å². The molecule has 4 heteroatoms. The van der Waals surface area contributed by atoms with Gasteiger partial charge in [0.05, 0.1) is 5.69 Å². The molecular formula is C16H29N3O. The van der Waals surface area contributed by atoms with Gasteiger partial charge in [-0.15, -0.1) is 0 Å². The van der Waals surface area contributed by atoms with Gasteiger partial charge in [-0.25, -0.2) is 0 Å². The maximum Gasteiger partial charge on any atom is 0.142 e. The van der Waals surface area contributed by atoms with E-state index >= 15 is 0 Å². The molecule has 4 nitrogen and oxygen atoms in total. The summed E-state index contributed by atoms with van der Waals surface area (Å²) in [5, 5.41) is 10.1. The SMILES string of the molecule is CCN(CC)Cc1cc(N)c(O)c(CN(CC)CC)c1. The minimum Gasteiger partial charge on any atom is -0.505 e. The highest BCUT2D eigenvalue weighted by atomic mass is 16.3. The van der Waals surface area contributed by atoms with Crippen molar-refractivity contribution < 1.29 is 5.11 Å². The van der Waals surface area contributed by atoms with E-state index in [1.807, 2.05) is 6.07 Å². The van der Waals surface area contributed by atoms with Gasteiger partial charge in [0.2, 0.25) is 0 Å². The average Bonchev–Trinajstić information content (AvgIpc) is 2.46. The second-order valence-corrected chi connectivity index (χ2v) is 5.12. The van der Waals surface area contributed by atoms with Crippen molar-refractivity contribution in [1.29, 1.82) is 0 Å². The quantitative estimate of drug-likeness (QED) is 0.567. The molecule has 0 unspecified atom stereocenters. The Morgan fingerprint density at radius 2 is 1.40 bits per heavy atom. The molecule has 0 radical (unpaired) electrons. The zero-order chi connectivity index (χ0) is 15.1. The van der Waals surface area contributed by atoms with Gasteiger partial charge in [-0.2, -0.15) is 0 Å². The number of nitrogen functional groups attached to an aromatic ring is 1. The van der Waals surface area contributed by atoms with E-state index in [9.17, 15) is 5.11 Å². The van der Waals surface area contributed by atoms with Gasteiger partial charge < -0.3 is 10.8 Å². The van der Waals surface area contributed by atoms with E-state index in [0.717, 1.165) is 44.8 Å². The minimum absolute atomic E-state index is 0.236. The maximum atomic E-state index is 10.1. The lowest BCUT2D eigenvalue weighted by molar-refractivity contribution is 0.287. The number of aromatic hydroxyl groups is 1. The largest absolute Gasteiger partial charge is 0.505 e. The molecule has 0 spiro atoms. The van der Waals surface area contributed by atoms with Crippen LogP contribution in [0.15, 0.2) is 12.1 Å². The number of phenols is 1. The zero-order valence-electron chi connectivity index (χ0n) is 13.3. The van der Waals surface area contributed by atoms with Crippen molar-refractivity contribution in [3.05, 3.63) is 23.3 Å². The molecular weight excluding hydrogens is 250 g/mol. The normalized spacial score (nSPS) is 11.5. The molecule has 114 valence electrons. The van der Waals surface area contributed by atoms with E-state index in [2.05, 4.69) is 43.6 Å². The van der Waals surface area contributed by atoms with Gasteiger partial charge in [-0.3, -0.25) is 9.80 Å². The summed E-state index contributed by atoms with van der Waals surface area (Å²) in [5.41, 5.74) is 8.53. The Balaban J connectivity index is 2.96. The number of nitrogens with zero attached hydrogens (tertiary/aromatic N) is 2. The van der Waals surface area contributed by atoms with Crippen LogP contribution in [-0.4, -0.2) is 41.1 Å². The minimum atomic E-state index is 0.236. The summed E-state index contributed by atoms with van der Waals surface area (Å²) in [4.78, 5) is 4.61. The van der Waals surface area contributed by atoms with Crippen molar-refractivity contribution in [2.45, 2.75) is 40.8 Å². The molecule has 0 saturated heterocycles. The van der Waals surface area contributed by atoms with Gasteiger partial charge in [-0.1, -0.05) is 27.7 Å². The van der Waals surface area contributed by atoms with Crippen LogP contribution in [0.5, 0.6) is 5.75 Å². The Morgan fingerprint density at radius 1 is 0.900 bits per heavy atom. The molecule has 0 fully saturated rings. The molecule has 0 aliphatic heterocycles. The number of rotatable bonds is 8. The average molecular weight is 279 g/mol. The van der Waals surface area contributed by atoms with Crippen LogP contribution in [0.25, 0.3) is 0 Å². The van der Waals surface area contributed by atoms with E-state index in [1.54, 1.807) is 0 Å². The molecule has 0 heterocycles. The number of benzene rings is 1. The number of phenolic OH excluding ortho intramolecular Hbond substituents is 1. The summed E-state index contributed by atoms with van der Waals surface area (Å²) in [6.45, 7) is 14.2. The molecule has 0 bridgehead atoms. The van der Waals surface area contributed by atoms with Crippen LogP contribution < -0.4 is 5.73 Å². The third-order valence-corrected chi connectivity index (χ3v) is 3.87. The number of hydrogen-bond donors (Lipinski definition) is 2. The zero-order valence-corrected chi connectivity index (χ0v) is 13.3. The second-order valence-electron chi connectivity index (χ2n) is 5.12. The Kier molecular flexibility index (Phi) is 6.82. The summed E-state index contributed by atoms with van der Waals surface area (Å²) in [6.07, 6.45) is 0. The fraction of sp³-hybridized carbons (Fsp3) is 0.625. The number of hydrogen-bond acceptors (Lipinski definition) is 4. The predicted molar refractivity (Wildman–Crippen MR) is 85.8 cm³/mol. The van der Waals surface area contributed by atoms with Crippen LogP contribution in [-0.2, 0) is 13.1 Å². The van der Waals surface area contributed by atoms with Gasteiger partial charge in [0.15, 0.2) is 0 Å². The summed E-state index contributed by atoms with van der Waals surface area (Å²) in [6, 6.07) is 3.97. The molecule has 0 aromatic heterocycles. The highest BCUT2D eigenvalue weighted by molar-refractivity contribution is 5.58. The van der Waals surface area contributed by atoms with Crippen molar-refractivity contribution in [3.8, 4) is 5.75 Å². The highest BCUT2D eigenvalue weighted by Gasteiger charge is 2.12. The standard InChI is InChI=1S/C16H29N3O/c1-5-18(6-2)11-13-9-14(12-19(7-3)8-4)16(20)15(17)10-13/h9-10,20H,5-8,11-12,17H2,1-4H3. The molecule has 0 amide bonds. The molecule has 0 atom stereocenters. The fourth-order valence-corrected chi connectivity index (χ4v) is 2.39. The first-order valence-corrected chi connectivity index (χ1v) is 7.60. The van der Waals surface area contributed by atoms with Crippen molar-refractivity contribution in [2.24, 2.45) is 0 Å². The molecule has 3 N–H and O–H groups in total. The number of nitrogens with two attached hydrogens (primary N) is 1. The topological polar surface area (TPSA) is 52.7 Å². The lowest BCUT2D eigenvalue weighted by Gasteiger charge is -2.22. The Bertz CT molecular complexity index is 412. The summed E-state index contributed by atoms with van der Waals surface area (Å²) in [7, 11) is 0. The third kappa shape index (κ3) is 4.39. The molecule has 1 aromatic rings. The van der Waals surface area contributed by atoms with Crippen LogP contribution in [0.1, 0.15) is 38.8 Å². The Hall–Kier alpha value is -1.26. The fourth-order valence-electron chi connectivity index (χ4n) is 2.39. The van der Waals surface area contributed by atoms with E-state index in [1.165, 1.54) is 5.56 Å². The van der Waals surface area contributed by atoms with Crippen LogP contribution >= 0.6 is 0 Å². The smallest absolute Gasteiger partial charge is 0.142 e. The third-order valence-electron chi connectivity index (χ3n) is 3.87. The Labute approximate surface area is 123 Å². The maximum absolute atomic E-state index is 10.1. The van der Waals surface area contributed by atoms with Gasteiger partial charge >= 0.3 is 0 Å². The molecule has 0 saturated carbocycles. The van der Waals surface area contributed by atoms with E-state index < -0.39 is 0 Å². The Morgan fingerprint density at radius 3 is 1.90 bits per heavy atom. The van der Waals surface area contributed by atoms with E-state index in [0.29, 0.717) is 5.69 Å². The molecule has 20 heavy (non-hydrogen) atoms. The van der Waals surface area contributed by atoms with Crippen LogP contribution in [0.3, 0.4) is 0 Å². The first kappa shape index (κ1) is 16.8. The molecule has 0 aliphatic carbocycles. The van der Waals surface area contributed by atoms with Crippen molar-refractivity contribution in [3.63, 3.8) is 0 Å². The first-order valence-electron chi connectivity index (χ1n) is 7.60. The van der Waals surface area contributed by atoms with Crippen LogP contribution in [0, 0.1) is 0 Å². The summed E-state index contributed by atoms with van der Waals surface area (Å²) < 4.78 is 0. The van der Waals surface area contributed by atoms with E-state index in [-0.39, 0.29) is 5.75 Å². The second kappa shape index (κ2) is 8.12. The summed E-state index contributed by atoms with van der Waals surface area (Å²) in [5.74, 6) is 0.236. The van der Waals surface area contributed by atoms with Gasteiger partial charge in [-0.05, 0) is 43.9 Å². The lowest BCUT2D eigenvalue weighted by atomic mass is 10.1. The van der Waals surface area contributed by atoms with Crippen LogP contribution in [0.2, 0.25) is 0 Å². The first-order chi connectivity index (χ1) is 9.55. The molecule has 1 rings (SSSR count). The lowest BCUT2D eigenvalue weighted by Crippen LogP contribution is -2.24. The predicted octanol–water partition coefficient (Wildman–Crippen LogP) is 2.66. The summed E-state index contributed by atoms with van der Waals surface area (Å²) >= 11 is 0. The molecule has 0 aliphatic rings. The van der Waals surface area contributed by atoms with Crippen molar-refractivity contribution in [2.75, 3.05) is 31.9 Å². The van der Waals surface area contributed by atoms with Gasteiger partial charge in [0, 0.05) is 18.7 Å². The highest BCUT2D eigenvalue weighted by Crippen LogP contribution is 2.28. The number of anilines is 1. The van der Waals surface area contributed by atoms with Crippen LogP contribution in [0.4, 0.5) is 5.69 Å². The monoisotopic (exact) mass is 279 g/mol. The van der Waals surface area contributed by atoms with Gasteiger partial charge in [0.1, 0.15) is 5.75 Å². The van der Waals surface area contributed by atoms with Crippen molar-refractivity contribution >= 4 is 5.69 Å². The van der Waals surface area contributed by atoms with Crippen molar-refractivity contribution in [1.82, 2.24) is 9.80 Å². The van der Waals surface area contributed by atoms with Gasteiger partial charge in [0.25, 0.3) is 0 Å².